The maximum absolute atomic E-state index is 13.1. The van der Waals surface area contributed by atoms with Crippen LogP contribution in [0.1, 0.15) is 37.7 Å². The number of halogens is 3. The molecule has 3 aromatic rings. The lowest BCUT2D eigenvalue weighted by Gasteiger charge is -2.13. The van der Waals surface area contributed by atoms with Gasteiger partial charge in [-0.1, -0.05) is 6.07 Å². The minimum absolute atomic E-state index is 0.0680. The second kappa shape index (κ2) is 10.6. The molecule has 12 heteroatoms. The number of anilines is 1. The van der Waals surface area contributed by atoms with Gasteiger partial charge in [0.2, 0.25) is 5.78 Å². The van der Waals surface area contributed by atoms with Crippen molar-refractivity contribution in [1.29, 1.82) is 0 Å². The van der Waals surface area contributed by atoms with Crippen LogP contribution in [0.2, 0.25) is 0 Å². The number of carbonyl (C=O) groups excluding carboxylic acids is 2. The van der Waals surface area contributed by atoms with E-state index in [9.17, 15) is 32.9 Å². The number of aliphatic hydroxyl groups excluding tert-OH is 1. The highest BCUT2D eigenvalue weighted by Gasteiger charge is 2.31. The predicted octanol–water partition coefficient (Wildman–Crippen LogP) is 4.47. The van der Waals surface area contributed by atoms with Crippen LogP contribution in [0.25, 0.3) is 5.69 Å². The van der Waals surface area contributed by atoms with E-state index in [0.717, 1.165) is 18.2 Å². The average Bonchev–Trinajstić information content (AvgIpc) is 3.14. The third-order valence-corrected chi connectivity index (χ3v) is 5.36. The number of ketones is 1. The Morgan fingerprint density at radius 3 is 2.47 bits per heavy atom. The fraction of sp³-hybridized carbons (Fsp3) is 0.250. The summed E-state index contributed by atoms with van der Waals surface area (Å²) in [6.45, 7) is 2.29. The molecule has 0 aliphatic carbocycles. The van der Waals surface area contributed by atoms with Gasteiger partial charge in [-0.2, -0.15) is 13.2 Å². The van der Waals surface area contributed by atoms with E-state index in [2.05, 4.69) is 5.32 Å². The summed E-state index contributed by atoms with van der Waals surface area (Å²) in [5.41, 5.74) is -0.00862. The van der Waals surface area contributed by atoms with Gasteiger partial charge in [0, 0.05) is 47.0 Å². The standard InChI is InChI=1S/C24H22F3N3O6/c1-14-10-19(15(2)29(14)17-5-3-4-16(11-17)24(25,26)27)22(32)13-36-23(33)20-12-18(30(34)35)6-7-21(20)28-8-9-31/h3-7,10-12,28,31H,8-9,13H2,1-2H3. The van der Waals surface area contributed by atoms with Gasteiger partial charge in [0.15, 0.2) is 6.61 Å². The van der Waals surface area contributed by atoms with Crippen LogP contribution in [0.5, 0.6) is 0 Å². The Morgan fingerprint density at radius 2 is 1.83 bits per heavy atom. The van der Waals surface area contributed by atoms with E-state index in [1.165, 1.54) is 34.9 Å². The quantitative estimate of drug-likeness (QED) is 0.190. The van der Waals surface area contributed by atoms with Crippen LogP contribution in [0, 0.1) is 24.0 Å². The highest BCUT2D eigenvalue weighted by molar-refractivity contribution is 6.02. The number of aryl methyl sites for hydroxylation is 1. The van der Waals surface area contributed by atoms with E-state index in [1.54, 1.807) is 13.8 Å². The molecule has 0 amide bonds. The summed E-state index contributed by atoms with van der Waals surface area (Å²) in [5.74, 6) is -1.61. The van der Waals surface area contributed by atoms with Crippen LogP contribution in [-0.4, -0.2) is 46.1 Å². The minimum Gasteiger partial charge on any atom is -0.454 e. The first-order chi connectivity index (χ1) is 16.9. The molecule has 0 fully saturated rings. The fourth-order valence-electron chi connectivity index (χ4n) is 3.71. The van der Waals surface area contributed by atoms with Crippen molar-refractivity contribution in [3.05, 3.63) is 86.7 Å². The Labute approximate surface area is 203 Å². The number of Topliss-reactive ketones (excluding diaryl/α,β-unsaturated/α-hetero) is 1. The van der Waals surface area contributed by atoms with Gasteiger partial charge in [0.25, 0.3) is 5.69 Å². The predicted molar refractivity (Wildman–Crippen MR) is 124 cm³/mol. The van der Waals surface area contributed by atoms with Crippen molar-refractivity contribution < 1.29 is 37.5 Å². The summed E-state index contributed by atoms with van der Waals surface area (Å²) in [4.78, 5) is 35.9. The van der Waals surface area contributed by atoms with Crippen LogP contribution in [0.15, 0.2) is 48.5 Å². The molecule has 2 aromatic carbocycles. The number of carbonyl (C=O) groups is 2. The van der Waals surface area contributed by atoms with Gasteiger partial charge >= 0.3 is 12.1 Å². The van der Waals surface area contributed by atoms with Gasteiger partial charge in [-0.05, 0) is 44.2 Å². The molecule has 36 heavy (non-hydrogen) atoms. The number of nitrogens with zero attached hydrogens (tertiary/aromatic N) is 2. The highest BCUT2D eigenvalue weighted by atomic mass is 19.4. The molecule has 0 radical (unpaired) electrons. The van der Waals surface area contributed by atoms with Crippen LogP contribution in [-0.2, 0) is 10.9 Å². The Morgan fingerprint density at radius 1 is 1.11 bits per heavy atom. The minimum atomic E-state index is -4.53. The number of non-ortho nitro benzene ring substituents is 1. The molecule has 0 spiro atoms. The Bertz CT molecular complexity index is 1320. The van der Waals surface area contributed by atoms with Crippen molar-refractivity contribution in [2.24, 2.45) is 0 Å². The van der Waals surface area contributed by atoms with Crippen molar-refractivity contribution >= 4 is 23.1 Å². The second-order valence-electron chi connectivity index (χ2n) is 7.80. The SMILES string of the molecule is Cc1cc(C(=O)COC(=O)c2cc([N+](=O)[O-])ccc2NCCO)c(C)n1-c1cccc(C(F)(F)F)c1. The third-order valence-electron chi connectivity index (χ3n) is 5.36. The van der Waals surface area contributed by atoms with Gasteiger partial charge in [0.05, 0.1) is 22.7 Å². The molecular weight excluding hydrogens is 483 g/mol. The van der Waals surface area contributed by atoms with Gasteiger partial charge in [-0.25, -0.2) is 4.79 Å². The molecule has 0 unspecified atom stereocenters. The first-order valence-corrected chi connectivity index (χ1v) is 10.6. The summed E-state index contributed by atoms with van der Waals surface area (Å²) >= 11 is 0. The number of alkyl halides is 3. The molecule has 0 aliphatic rings. The molecule has 1 heterocycles. The first-order valence-electron chi connectivity index (χ1n) is 10.6. The van der Waals surface area contributed by atoms with E-state index in [4.69, 9.17) is 9.84 Å². The number of ether oxygens (including phenoxy) is 1. The monoisotopic (exact) mass is 505 g/mol. The molecule has 0 atom stereocenters. The number of rotatable bonds is 9. The number of hydrogen-bond donors (Lipinski definition) is 2. The van der Waals surface area contributed by atoms with Gasteiger partial charge in [-0.15, -0.1) is 0 Å². The van der Waals surface area contributed by atoms with E-state index in [0.29, 0.717) is 11.4 Å². The molecule has 3 rings (SSSR count). The first kappa shape index (κ1) is 26.4. The Balaban J connectivity index is 1.83. The number of aromatic nitrogens is 1. The van der Waals surface area contributed by atoms with Crippen LogP contribution in [0.3, 0.4) is 0 Å². The van der Waals surface area contributed by atoms with Crippen molar-refractivity contribution in [3.63, 3.8) is 0 Å². The van der Waals surface area contributed by atoms with Crippen molar-refractivity contribution in [1.82, 2.24) is 4.57 Å². The number of aliphatic hydroxyl groups is 1. The highest BCUT2D eigenvalue weighted by Crippen LogP contribution is 2.31. The lowest BCUT2D eigenvalue weighted by Crippen LogP contribution is -2.17. The van der Waals surface area contributed by atoms with Gasteiger partial charge in [0.1, 0.15) is 0 Å². The summed E-state index contributed by atoms with van der Waals surface area (Å²) in [6, 6.07) is 9.59. The largest absolute Gasteiger partial charge is 0.454 e. The summed E-state index contributed by atoms with van der Waals surface area (Å²) < 4.78 is 46.0. The zero-order chi connectivity index (χ0) is 26.6. The lowest BCUT2D eigenvalue weighted by molar-refractivity contribution is -0.384. The summed E-state index contributed by atoms with van der Waals surface area (Å²) in [5, 5.41) is 22.8. The number of esters is 1. The van der Waals surface area contributed by atoms with Gasteiger partial charge < -0.3 is 19.7 Å². The zero-order valence-corrected chi connectivity index (χ0v) is 19.3. The normalized spacial score (nSPS) is 11.3. The summed E-state index contributed by atoms with van der Waals surface area (Å²) in [6.07, 6.45) is -4.53. The number of nitrogens with one attached hydrogen (secondary N) is 1. The van der Waals surface area contributed by atoms with Crippen LogP contribution in [0.4, 0.5) is 24.5 Å². The van der Waals surface area contributed by atoms with Crippen LogP contribution < -0.4 is 5.32 Å². The van der Waals surface area contributed by atoms with Crippen molar-refractivity contribution in [2.45, 2.75) is 20.0 Å². The van der Waals surface area contributed by atoms with Crippen LogP contribution >= 0.6 is 0 Å². The second-order valence-corrected chi connectivity index (χ2v) is 7.80. The van der Waals surface area contributed by atoms with E-state index in [-0.39, 0.29) is 41.3 Å². The molecule has 0 saturated carbocycles. The molecule has 2 N–H and O–H groups in total. The van der Waals surface area contributed by atoms with E-state index < -0.39 is 35.0 Å². The third kappa shape index (κ3) is 5.71. The van der Waals surface area contributed by atoms with E-state index in [1.807, 2.05) is 0 Å². The zero-order valence-electron chi connectivity index (χ0n) is 19.3. The number of nitro benzene ring substituents is 1. The molecule has 9 nitrogen and oxygen atoms in total. The molecule has 0 bridgehead atoms. The maximum Gasteiger partial charge on any atom is 0.416 e. The smallest absolute Gasteiger partial charge is 0.416 e. The van der Waals surface area contributed by atoms with E-state index >= 15 is 0 Å². The van der Waals surface area contributed by atoms with Crippen molar-refractivity contribution in [3.8, 4) is 5.69 Å². The Kier molecular flexibility index (Phi) is 7.78. The summed E-state index contributed by atoms with van der Waals surface area (Å²) in [7, 11) is 0. The average molecular weight is 505 g/mol. The fourth-order valence-corrected chi connectivity index (χ4v) is 3.71. The molecule has 0 aliphatic heterocycles. The number of hydrogen-bond acceptors (Lipinski definition) is 7. The number of benzene rings is 2. The molecule has 0 saturated heterocycles. The molecule has 190 valence electrons. The lowest BCUT2D eigenvalue weighted by atomic mass is 10.1. The van der Waals surface area contributed by atoms with Gasteiger partial charge in [-0.3, -0.25) is 14.9 Å². The maximum atomic E-state index is 13.1. The number of nitro groups is 1. The molecular formula is C24H22F3N3O6. The topological polar surface area (TPSA) is 124 Å². The van der Waals surface area contributed by atoms with Crippen molar-refractivity contribution in [2.75, 3.05) is 25.1 Å². The Hall–Kier alpha value is -4.19. The molecule has 1 aromatic heterocycles.